The van der Waals surface area contributed by atoms with Gasteiger partial charge in [0.05, 0.1) is 0 Å². The van der Waals surface area contributed by atoms with Crippen molar-refractivity contribution < 1.29 is 28.9 Å². The average Bonchev–Trinajstić information content (AvgIpc) is 2.52. The number of hydrogen-bond donors (Lipinski definition) is 3. The van der Waals surface area contributed by atoms with Crippen molar-refractivity contribution in [2.24, 2.45) is 10.8 Å². The molecule has 0 fully saturated rings. The molecular formula is C23H33FO5P+. The molecule has 0 aromatic heterocycles. The lowest BCUT2D eigenvalue weighted by Crippen LogP contribution is -2.32. The molecule has 0 saturated carbocycles. The number of carboxylic acid groups (broad SMARTS) is 1. The van der Waals surface area contributed by atoms with Crippen LogP contribution in [0.1, 0.15) is 64.5 Å². The van der Waals surface area contributed by atoms with E-state index in [-0.39, 0.29) is 22.8 Å². The highest BCUT2D eigenvalue weighted by Gasteiger charge is 2.42. The largest absolute Gasteiger partial charge is 0.481 e. The second kappa shape index (κ2) is 8.86. The van der Waals surface area contributed by atoms with Gasteiger partial charge in [-0.2, -0.15) is 0 Å². The van der Waals surface area contributed by atoms with E-state index in [1.54, 1.807) is 13.0 Å². The smallest absolute Gasteiger partial charge is 0.311 e. The molecule has 0 heterocycles. The Balaban J connectivity index is 2.37. The first-order valence-corrected chi connectivity index (χ1v) is 12.2. The van der Waals surface area contributed by atoms with Gasteiger partial charge in [0.2, 0.25) is 0 Å². The van der Waals surface area contributed by atoms with Crippen molar-refractivity contribution in [1.29, 1.82) is 0 Å². The molecule has 0 saturated heterocycles. The van der Waals surface area contributed by atoms with E-state index in [0.29, 0.717) is 12.0 Å². The Hall–Kier alpha value is -1.62. The summed E-state index contributed by atoms with van der Waals surface area (Å²) in [7, 11) is -3.55. The SMILES string of the molecule is Cc1cc(C2=C(CC[P+](O)(O)CC(=O)CC(=O)O)C(C)(C)CC(C)(C)C2)ccc1F. The van der Waals surface area contributed by atoms with Gasteiger partial charge < -0.3 is 5.11 Å². The number of aryl methyl sites for hydroxylation is 1. The average molecular weight is 439 g/mol. The van der Waals surface area contributed by atoms with Crippen LogP contribution < -0.4 is 0 Å². The number of hydrogen-bond acceptors (Lipinski definition) is 4. The standard InChI is InChI=1S/C23H32FO5P/c1-15-10-16(6-7-20(15)24)18-12-22(2,3)14-23(4,5)19(18)8-9-30(28,29)13-17(25)11-21(26)27/h6-7,10,28-29H,8-9,11-14H2,1-5H3/p+1. The summed E-state index contributed by atoms with van der Waals surface area (Å²) in [5, 5.41) is 8.73. The van der Waals surface area contributed by atoms with E-state index in [0.717, 1.165) is 29.6 Å². The van der Waals surface area contributed by atoms with E-state index in [4.69, 9.17) is 5.11 Å². The number of halogens is 1. The molecular weight excluding hydrogens is 406 g/mol. The van der Waals surface area contributed by atoms with Gasteiger partial charge in [-0.25, -0.2) is 14.2 Å². The molecule has 0 spiro atoms. The number of aliphatic carboxylic acids is 1. The summed E-state index contributed by atoms with van der Waals surface area (Å²) in [5.41, 5.74) is 3.51. The molecule has 1 aliphatic carbocycles. The summed E-state index contributed by atoms with van der Waals surface area (Å²) in [6.45, 7) is 10.4. The van der Waals surface area contributed by atoms with E-state index >= 15 is 0 Å². The lowest BCUT2D eigenvalue weighted by Gasteiger charge is -2.44. The third kappa shape index (κ3) is 6.44. The predicted octanol–water partition coefficient (Wildman–Crippen LogP) is 5.00. The number of ketones is 1. The van der Waals surface area contributed by atoms with Crippen LogP contribution in [0.25, 0.3) is 5.57 Å². The summed E-state index contributed by atoms with van der Waals surface area (Å²) in [5.74, 6) is -2.21. The van der Waals surface area contributed by atoms with Gasteiger partial charge in [0.25, 0.3) is 7.72 Å². The highest BCUT2D eigenvalue weighted by Crippen LogP contribution is 2.56. The molecule has 0 radical (unpaired) electrons. The summed E-state index contributed by atoms with van der Waals surface area (Å²) < 4.78 is 13.8. The van der Waals surface area contributed by atoms with Gasteiger partial charge in [-0.1, -0.05) is 39.3 Å². The van der Waals surface area contributed by atoms with Crippen molar-refractivity contribution in [2.45, 2.75) is 60.3 Å². The maximum absolute atomic E-state index is 13.8. The number of carbonyl (C=O) groups excluding carboxylic acids is 1. The van der Waals surface area contributed by atoms with Crippen LogP contribution in [-0.2, 0) is 9.59 Å². The van der Waals surface area contributed by atoms with E-state index < -0.39 is 32.1 Å². The highest BCUT2D eigenvalue weighted by atomic mass is 31.2. The first-order chi connectivity index (χ1) is 13.6. The van der Waals surface area contributed by atoms with Crippen LogP contribution >= 0.6 is 7.72 Å². The van der Waals surface area contributed by atoms with Crippen molar-refractivity contribution in [3.8, 4) is 0 Å². The molecule has 0 aliphatic heterocycles. The van der Waals surface area contributed by atoms with E-state index in [1.807, 2.05) is 6.07 Å². The fraction of sp³-hybridized carbons (Fsp3) is 0.565. The molecule has 1 aromatic rings. The number of allylic oxidation sites excluding steroid dienone is 2. The van der Waals surface area contributed by atoms with Gasteiger partial charge in [0.1, 0.15) is 18.4 Å². The second-order valence-electron chi connectivity index (χ2n) is 9.94. The van der Waals surface area contributed by atoms with Crippen molar-refractivity contribution in [2.75, 3.05) is 12.3 Å². The Morgan fingerprint density at radius 1 is 1.17 bits per heavy atom. The van der Waals surface area contributed by atoms with E-state index in [9.17, 15) is 23.8 Å². The molecule has 0 bridgehead atoms. The minimum atomic E-state index is -3.55. The number of benzene rings is 1. The van der Waals surface area contributed by atoms with E-state index in [2.05, 4.69) is 27.7 Å². The number of carbonyl (C=O) groups is 2. The molecule has 0 amide bonds. The Labute approximate surface area is 178 Å². The summed E-state index contributed by atoms with van der Waals surface area (Å²) in [6, 6.07) is 5.06. The minimum absolute atomic E-state index is 0.0290. The van der Waals surface area contributed by atoms with Crippen LogP contribution in [0.2, 0.25) is 0 Å². The van der Waals surface area contributed by atoms with Crippen molar-refractivity contribution in [1.82, 2.24) is 0 Å². The highest BCUT2D eigenvalue weighted by molar-refractivity contribution is 7.65. The zero-order valence-electron chi connectivity index (χ0n) is 18.5. The number of Topliss-reactive ketones (excluding diaryl/α,β-unsaturated/α-hetero) is 1. The Morgan fingerprint density at radius 3 is 2.37 bits per heavy atom. The monoisotopic (exact) mass is 439 g/mol. The van der Waals surface area contributed by atoms with Gasteiger partial charge in [-0.05, 0) is 59.4 Å². The van der Waals surface area contributed by atoms with Crippen LogP contribution in [0.15, 0.2) is 23.8 Å². The Morgan fingerprint density at radius 2 is 1.80 bits per heavy atom. The molecule has 1 aromatic carbocycles. The molecule has 30 heavy (non-hydrogen) atoms. The number of rotatable bonds is 8. The van der Waals surface area contributed by atoms with Crippen molar-refractivity contribution in [3.05, 3.63) is 40.7 Å². The maximum atomic E-state index is 13.8. The van der Waals surface area contributed by atoms with Crippen LogP contribution in [0.4, 0.5) is 4.39 Å². The van der Waals surface area contributed by atoms with Gasteiger partial charge in [-0.15, -0.1) is 0 Å². The minimum Gasteiger partial charge on any atom is -0.481 e. The quantitative estimate of drug-likeness (QED) is 0.391. The lowest BCUT2D eigenvalue weighted by atomic mass is 9.61. The van der Waals surface area contributed by atoms with Gasteiger partial charge >= 0.3 is 5.97 Å². The van der Waals surface area contributed by atoms with Gasteiger partial charge in [0, 0.05) is 6.42 Å². The predicted molar refractivity (Wildman–Crippen MR) is 118 cm³/mol. The molecule has 7 heteroatoms. The zero-order valence-corrected chi connectivity index (χ0v) is 19.4. The van der Waals surface area contributed by atoms with Gasteiger partial charge in [-0.3, -0.25) is 9.59 Å². The van der Waals surface area contributed by atoms with E-state index in [1.165, 1.54) is 6.07 Å². The van der Waals surface area contributed by atoms with Crippen LogP contribution in [0, 0.1) is 23.6 Å². The third-order valence-electron chi connectivity index (χ3n) is 5.76. The third-order valence-corrected chi connectivity index (χ3v) is 7.56. The topological polar surface area (TPSA) is 94.8 Å². The summed E-state index contributed by atoms with van der Waals surface area (Å²) in [6.07, 6.45) is 0.919. The zero-order chi connectivity index (χ0) is 22.9. The summed E-state index contributed by atoms with van der Waals surface area (Å²) >= 11 is 0. The van der Waals surface area contributed by atoms with Crippen molar-refractivity contribution >= 4 is 25.0 Å². The molecule has 2 rings (SSSR count). The molecule has 166 valence electrons. The fourth-order valence-corrected chi connectivity index (χ4v) is 6.25. The van der Waals surface area contributed by atoms with Crippen molar-refractivity contribution in [3.63, 3.8) is 0 Å². The second-order valence-corrected chi connectivity index (χ2v) is 12.5. The first-order valence-electron chi connectivity index (χ1n) is 10.2. The van der Waals surface area contributed by atoms with Crippen LogP contribution in [-0.4, -0.2) is 39.0 Å². The molecule has 0 atom stereocenters. The fourth-order valence-electron chi connectivity index (χ4n) is 4.83. The molecule has 3 N–H and O–H groups in total. The summed E-state index contributed by atoms with van der Waals surface area (Å²) in [4.78, 5) is 43.3. The number of carboxylic acids is 1. The Kier molecular flexibility index (Phi) is 7.28. The lowest BCUT2D eigenvalue weighted by molar-refractivity contribution is -0.139. The van der Waals surface area contributed by atoms with Gasteiger partial charge in [0.15, 0.2) is 11.9 Å². The maximum Gasteiger partial charge on any atom is 0.311 e. The van der Waals surface area contributed by atoms with Crippen LogP contribution in [0.5, 0.6) is 0 Å². The molecule has 1 aliphatic rings. The Bertz CT molecular complexity index is 870. The first kappa shape index (κ1) is 24.6. The molecule has 0 unspecified atom stereocenters. The normalized spacial score (nSPS) is 18.4. The van der Waals surface area contributed by atoms with Crippen LogP contribution in [0.3, 0.4) is 0 Å². The molecule has 5 nitrogen and oxygen atoms in total.